The predicted octanol–water partition coefficient (Wildman–Crippen LogP) is 3.08. The summed E-state index contributed by atoms with van der Waals surface area (Å²) in [6, 6.07) is 7.84. The second-order valence-corrected chi connectivity index (χ2v) is 6.17. The molecule has 0 aliphatic carbocycles. The summed E-state index contributed by atoms with van der Waals surface area (Å²) in [6.45, 7) is 5.99. The van der Waals surface area contributed by atoms with Crippen molar-refractivity contribution < 1.29 is 9.90 Å². The maximum absolute atomic E-state index is 11.9. The van der Waals surface area contributed by atoms with Crippen LogP contribution in [-0.4, -0.2) is 23.7 Å². The Hall–Kier alpha value is -0.870. The minimum atomic E-state index is -0.162. The number of benzene rings is 1. The number of rotatable bonds is 6. The number of hydrogen-bond acceptors (Lipinski definition) is 2. The van der Waals surface area contributed by atoms with Crippen LogP contribution in [0.15, 0.2) is 28.7 Å². The van der Waals surface area contributed by atoms with Crippen molar-refractivity contribution in [3.05, 3.63) is 34.3 Å². The average Bonchev–Trinajstić information content (AvgIpc) is 2.36. The van der Waals surface area contributed by atoms with Gasteiger partial charge in [-0.15, -0.1) is 0 Å². The molecule has 2 unspecified atom stereocenters. The van der Waals surface area contributed by atoms with E-state index in [1.807, 2.05) is 45.0 Å². The third kappa shape index (κ3) is 5.33. The van der Waals surface area contributed by atoms with Gasteiger partial charge in [0.25, 0.3) is 0 Å². The topological polar surface area (TPSA) is 49.3 Å². The van der Waals surface area contributed by atoms with E-state index in [2.05, 4.69) is 21.2 Å². The van der Waals surface area contributed by atoms with Crippen molar-refractivity contribution in [2.24, 2.45) is 5.92 Å². The first-order valence-corrected chi connectivity index (χ1v) is 7.39. The molecule has 0 aliphatic heterocycles. The van der Waals surface area contributed by atoms with E-state index >= 15 is 0 Å². The largest absolute Gasteiger partial charge is 0.394 e. The van der Waals surface area contributed by atoms with E-state index in [0.29, 0.717) is 6.42 Å². The van der Waals surface area contributed by atoms with Crippen LogP contribution in [0.5, 0.6) is 0 Å². The van der Waals surface area contributed by atoms with E-state index in [0.717, 1.165) is 10.0 Å². The first-order chi connectivity index (χ1) is 8.93. The predicted molar refractivity (Wildman–Crippen MR) is 81.0 cm³/mol. The summed E-state index contributed by atoms with van der Waals surface area (Å²) in [7, 11) is 0. The lowest BCUT2D eigenvalue weighted by molar-refractivity contribution is -0.122. The highest BCUT2D eigenvalue weighted by Crippen LogP contribution is 2.21. The van der Waals surface area contributed by atoms with E-state index in [9.17, 15) is 9.90 Å². The minimum absolute atomic E-state index is 0.0110. The number of hydrogen-bond donors (Lipinski definition) is 2. The van der Waals surface area contributed by atoms with Crippen molar-refractivity contribution in [1.29, 1.82) is 0 Å². The number of carbonyl (C=O) groups excluding carboxylic acids is 1. The van der Waals surface area contributed by atoms with Crippen LogP contribution in [0.4, 0.5) is 0 Å². The van der Waals surface area contributed by atoms with E-state index in [-0.39, 0.29) is 30.4 Å². The molecule has 0 bridgehead atoms. The zero-order valence-electron chi connectivity index (χ0n) is 11.7. The van der Waals surface area contributed by atoms with Crippen LogP contribution in [-0.2, 0) is 4.79 Å². The quantitative estimate of drug-likeness (QED) is 0.843. The van der Waals surface area contributed by atoms with Crippen LogP contribution in [0.1, 0.15) is 38.7 Å². The van der Waals surface area contributed by atoms with Gasteiger partial charge in [-0.2, -0.15) is 0 Å². The van der Waals surface area contributed by atoms with E-state index in [1.165, 1.54) is 0 Å². The van der Waals surface area contributed by atoms with Crippen LogP contribution >= 0.6 is 15.9 Å². The molecule has 0 aromatic heterocycles. The smallest absolute Gasteiger partial charge is 0.220 e. The van der Waals surface area contributed by atoms with Crippen molar-refractivity contribution in [3.8, 4) is 0 Å². The number of amides is 1. The van der Waals surface area contributed by atoms with Gasteiger partial charge >= 0.3 is 0 Å². The first-order valence-electron chi connectivity index (χ1n) is 6.59. The number of nitrogens with one attached hydrogen (secondary N) is 1. The molecule has 0 fully saturated rings. The molecule has 3 nitrogen and oxygen atoms in total. The Morgan fingerprint density at radius 3 is 2.32 bits per heavy atom. The molecule has 19 heavy (non-hydrogen) atoms. The van der Waals surface area contributed by atoms with Gasteiger partial charge in [-0.1, -0.05) is 48.8 Å². The summed E-state index contributed by atoms with van der Waals surface area (Å²) in [5.41, 5.74) is 1.14. The molecule has 0 radical (unpaired) electrons. The molecule has 2 atom stereocenters. The summed E-state index contributed by atoms with van der Waals surface area (Å²) in [5.74, 6) is 0.389. The van der Waals surface area contributed by atoms with Crippen LogP contribution in [0.3, 0.4) is 0 Å². The SMILES string of the molecule is CC(CC(=O)NC(CO)C(C)C)c1ccc(Br)cc1. The molecule has 2 N–H and O–H groups in total. The minimum Gasteiger partial charge on any atom is -0.394 e. The van der Waals surface area contributed by atoms with Gasteiger partial charge in [-0.3, -0.25) is 4.79 Å². The Balaban J connectivity index is 2.54. The summed E-state index contributed by atoms with van der Waals surface area (Å²) in [5, 5.41) is 12.1. The van der Waals surface area contributed by atoms with Crippen LogP contribution < -0.4 is 5.32 Å². The average molecular weight is 328 g/mol. The summed E-state index contributed by atoms with van der Waals surface area (Å²) >= 11 is 3.40. The third-order valence-electron chi connectivity index (χ3n) is 3.28. The molecule has 0 spiro atoms. The molecule has 0 saturated carbocycles. The summed E-state index contributed by atoms with van der Waals surface area (Å²) in [6.07, 6.45) is 0.435. The molecule has 1 aromatic carbocycles. The number of carbonyl (C=O) groups is 1. The molecule has 0 saturated heterocycles. The Morgan fingerprint density at radius 1 is 1.26 bits per heavy atom. The zero-order chi connectivity index (χ0) is 14.4. The van der Waals surface area contributed by atoms with Gasteiger partial charge in [0, 0.05) is 10.9 Å². The van der Waals surface area contributed by atoms with E-state index in [1.54, 1.807) is 0 Å². The molecule has 1 rings (SSSR count). The van der Waals surface area contributed by atoms with Crippen molar-refractivity contribution in [3.63, 3.8) is 0 Å². The Kier molecular flexibility index (Phi) is 6.52. The summed E-state index contributed by atoms with van der Waals surface area (Å²) in [4.78, 5) is 11.9. The molecular weight excluding hydrogens is 306 g/mol. The molecule has 106 valence electrons. The van der Waals surface area contributed by atoms with E-state index in [4.69, 9.17) is 0 Å². The van der Waals surface area contributed by atoms with Gasteiger partial charge in [0.2, 0.25) is 5.91 Å². The van der Waals surface area contributed by atoms with Crippen molar-refractivity contribution in [2.45, 2.75) is 39.2 Å². The number of aliphatic hydroxyl groups is 1. The fourth-order valence-corrected chi connectivity index (χ4v) is 2.14. The molecule has 0 heterocycles. The van der Waals surface area contributed by atoms with Gasteiger partial charge in [-0.25, -0.2) is 0 Å². The third-order valence-corrected chi connectivity index (χ3v) is 3.81. The monoisotopic (exact) mass is 327 g/mol. The molecule has 0 aliphatic rings. The van der Waals surface area contributed by atoms with Crippen molar-refractivity contribution >= 4 is 21.8 Å². The normalized spacial score (nSPS) is 14.2. The first kappa shape index (κ1) is 16.2. The maximum atomic E-state index is 11.9. The van der Waals surface area contributed by atoms with Crippen LogP contribution in [0.2, 0.25) is 0 Å². The fraction of sp³-hybridized carbons (Fsp3) is 0.533. The lowest BCUT2D eigenvalue weighted by Gasteiger charge is -2.21. The standard InChI is InChI=1S/C15H22BrNO2/c1-10(2)14(9-18)17-15(19)8-11(3)12-4-6-13(16)7-5-12/h4-7,10-11,14,18H,8-9H2,1-3H3,(H,17,19). The van der Waals surface area contributed by atoms with Gasteiger partial charge in [0.1, 0.15) is 0 Å². The lowest BCUT2D eigenvalue weighted by atomic mass is 9.97. The molecular formula is C15H22BrNO2. The Morgan fingerprint density at radius 2 is 1.84 bits per heavy atom. The van der Waals surface area contributed by atoms with E-state index < -0.39 is 0 Å². The highest BCUT2D eigenvalue weighted by molar-refractivity contribution is 9.10. The zero-order valence-corrected chi connectivity index (χ0v) is 13.3. The second-order valence-electron chi connectivity index (χ2n) is 5.26. The van der Waals surface area contributed by atoms with Gasteiger partial charge < -0.3 is 10.4 Å². The highest BCUT2D eigenvalue weighted by atomic mass is 79.9. The maximum Gasteiger partial charge on any atom is 0.220 e. The summed E-state index contributed by atoms with van der Waals surface area (Å²) < 4.78 is 1.04. The fourth-order valence-electron chi connectivity index (χ4n) is 1.88. The van der Waals surface area contributed by atoms with Crippen LogP contribution in [0.25, 0.3) is 0 Å². The van der Waals surface area contributed by atoms with Crippen molar-refractivity contribution in [2.75, 3.05) is 6.61 Å². The Labute approximate surface area is 123 Å². The second kappa shape index (κ2) is 7.65. The van der Waals surface area contributed by atoms with Gasteiger partial charge in [0.15, 0.2) is 0 Å². The van der Waals surface area contributed by atoms with Crippen molar-refractivity contribution in [1.82, 2.24) is 5.32 Å². The molecule has 1 amide bonds. The Bertz CT molecular complexity index is 403. The molecule has 4 heteroatoms. The van der Waals surface area contributed by atoms with Gasteiger partial charge in [0.05, 0.1) is 12.6 Å². The lowest BCUT2D eigenvalue weighted by Crippen LogP contribution is -2.41. The number of halogens is 1. The highest BCUT2D eigenvalue weighted by Gasteiger charge is 2.17. The van der Waals surface area contributed by atoms with Gasteiger partial charge in [-0.05, 0) is 29.5 Å². The molecule has 1 aromatic rings. The number of aliphatic hydroxyl groups excluding tert-OH is 1. The van der Waals surface area contributed by atoms with Crippen LogP contribution in [0, 0.1) is 5.92 Å².